The first-order valence-corrected chi connectivity index (χ1v) is 19.4. The largest absolute Gasteiger partial charge is 0.457 e. The highest BCUT2D eigenvalue weighted by Gasteiger charge is 2.51. The average molecular weight is 731 g/mol. The van der Waals surface area contributed by atoms with Gasteiger partial charge < -0.3 is 10.1 Å². The second-order valence-electron chi connectivity index (χ2n) is 14.9. The normalized spacial score (nSPS) is 15.8. The Hall–Kier alpha value is -7.50. The van der Waals surface area contributed by atoms with Gasteiger partial charge in [0.15, 0.2) is 6.17 Å². The molecule has 1 N–H and O–H groups in total. The van der Waals surface area contributed by atoms with Gasteiger partial charge >= 0.3 is 0 Å². The monoisotopic (exact) mass is 730 g/mol. The molecule has 0 amide bonds. The Kier molecular flexibility index (Phi) is 6.84. The summed E-state index contributed by atoms with van der Waals surface area (Å²) in [5, 5.41) is 6.06. The van der Waals surface area contributed by atoms with Crippen molar-refractivity contribution in [2.75, 3.05) is 0 Å². The van der Waals surface area contributed by atoms with Gasteiger partial charge in [-0.25, -0.2) is 9.98 Å². The van der Waals surface area contributed by atoms with E-state index in [1.54, 1.807) is 0 Å². The molecule has 2 aliphatic heterocycles. The lowest BCUT2D eigenvalue weighted by Crippen LogP contribution is -2.39. The molecule has 9 aromatic rings. The molecule has 268 valence electrons. The fraction of sp³-hybridized carbons (Fsp3) is 0.0385. The molecule has 0 saturated carbocycles. The van der Waals surface area contributed by atoms with Crippen LogP contribution in [0.4, 0.5) is 0 Å². The number of fused-ring (bicyclic) bond motifs is 12. The topological polar surface area (TPSA) is 50.9 Å². The Labute approximate surface area is 329 Å². The van der Waals surface area contributed by atoms with Crippen LogP contribution in [0.1, 0.15) is 39.5 Å². The number of benzene rings is 8. The number of hydrogen-bond donors (Lipinski definition) is 1. The summed E-state index contributed by atoms with van der Waals surface area (Å²) in [4.78, 5) is 10.7. The summed E-state index contributed by atoms with van der Waals surface area (Å²) < 4.78 is 8.96. The number of para-hydroxylation sites is 3. The summed E-state index contributed by atoms with van der Waals surface area (Å²) in [6.45, 7) is 0. The van der Waals surface area contributed by atoms with E-state index in [-0.39, 0.29) is 0 Å². The first-order valence-electron chi connectivity index (χ1n) is 19.4. The summed E-state index contributed by atoms with van der Waals surface area (Å²) in [6, 6.07) is 68.9. The Morgan fingerprint density at radius 2 is 1.09 bits per heavy atom. The number of amidine groups is 1. The predicted molar refractivity (Wildman–Crippen MR) is 230 cm³/mol. The van der Waals surface area contributed by atoms with Crippen molar-refractivity contribution in [3.05, 3.63) is 228 Å². The molecule has 1 aliphatic carbocycles. The van der Waals surface area contributed by atoms with Crippen LogP contribution in [0.2, 0.25) is 0 Å². The van der Waals surface area contributed by atoms with Gasteiger partial charge in [-0.05, 0) is 75.3 Å². The van der Waals surface area contributed by atoms with Gasteiger partial charge in [0.05, 0.1) is 16.4 Å². The van der Waals surface area contributed by atoms with Gasteiger partial charge in [0.2, 0.25) is 5.96 Å². The maximum Gasteiger partial charge on any atom is 0.211 e. The summed E-state index contributed by atoms with van der Waals surface area (Å²) >= 11 is 0. The molecule has 1 aromatic heterocycles. The Morgan fingerprint density at radius 3 is 1.86 bits per heavy atom. The highest BCUT2D eigenvalue weighted by Crippen LogP contribution is 2.62. The Bertz CT molecular complexity index is 3100. The maximum absolute atomic E-state index is 6.65. The first kappa shape index (κ1) is 31.8. The van der Waals surface area contributed by atoms with E-state index in [0.717, 1.165) is 73.1 Å². The lowest BCUT2D eigenvalue weighted by atomic mass is 9.66. The number of nitrogens with zero attached hydrogens (tertiary/aromatic N) is 3. The van der Waals surface area contributed by atoms with Crippen LogP contribution in [-0.4, -0.2) is 16.4 Å². The van der Waals surface area contributed by atoms with E-state index in [1.807, 2.05) is 12.1 Å². The van der Waals surface area contributed by atoms with Gasteiger partial charge in [0, 0.05) is 27.5 Å². The zero-order valence-electron chi connectivity index (χ0n) is 30.8. The molecule has 3 aliphatic rings. The smallest absolute Gasteiger partial charge is 0.211 e. The lowest BCUT2D eigenvalue weighted by molar-refractivity contribution is 0.436. The third-order valence-corrected chi connectivity index (χ3v) is 11.9. The standard InChI is InChI=1S/C52H34N4O/c1-3-16-33(17-4-1)35-20-15-21-36(30-35)50-53-49(34-18-5-2-6-19-34)54-51(55-50)56-45-27-12-8-23-38(45)40-31-39-37-22-7-9-24-41(37)52(44(39)32-46(40)56)42-25-10-13-28-47(42)57-48-29-14-11-26-43(48)52/h1-32,50H,(H,53,54,55). The lowest BCUT2D eigenvalue weighted by Gasteiger charge is -2.39. The second-order valence-corrected chi connectivity index (χ2v) is 14.9. The zero-order chi connectivity index (χ0) is 37.5. The molecule has 3 heterocycles. The third-order valence-electron chi connectivity index (χ3n) is 11.9. The number of hydrogen-bond acceptors (Lipinski definition) is 4. The SMILES string of the molecule is c1ccc(C2=NC(c3cccc(-c4ccccc4)c3)N=C(n3c4ccccc4c4cc5c(cc43)C3(c4ccccc4Oc4ccccc43)c3ccccc3-5)N2)cc1. The van der Waals surface area contributed by atoms with Crippen LogP contribution in [0.25, 0.3) is 44.1 Å². The molecule has 57 heavy (non-hydrogen) atoms. The van der Waals surface area contributed by atoms with Crippen molar-refractivity contribution in [1.82, 2.24) is 9.88 Å². The summed E-state index contributed by atoms with van der Waals surface area (Å²) in [5.74, 6) is 3.26. The molecule has 0 fully saturated rings. The second kappa shape index (κ2) is 12.3. The van der Waals surface area contributed by atoms with Gasteiger partial charge in [0.25, 0.3) is 0 Å². The average Bonchev–Trinajstić information content (AvgIpc) is 3.76. The van der Waals surface area contributed by atoms with E-state index in [9.17, 15) is 0 Å². The molecule has 8 aromatic carbocycles. The zero-order valence-corrected chi connectivity index (χ0v) is 30.8. The van der Waals surface area contributed by atoms with Crippen LogP contribution < -0.4 is 10.1 Å². The van der Waals surface area contributed by atoms with Crippen molar-refractivity contribution in [3.63, 3.8) is 0 Å². The third kappa shape index (κ3) is 4.63. The quantitative estimate of drug-likeness (QED) is 0.197. The number of ether oxygens (including phenoxy) is 1. The van der Waals surface area contributed by atoms with E-state index >= 15 is 0 Å². The van der Waals surface area contributed by atoms with Crippen molar-refractivity contribution >= 4 is 33.6 Å². The number of aromatic nitrogens is 1. The molecule has 0 saturated heterocycles. The number of nitrogens with one attached hydrogen (secondary N) is 1. The van der Waals surface area contributed by atoms with Crippen LogP contribution in [-0.2, 0) is 5.41 Å². The van der Waals surface area contributed by atoms with E-state index in [1.165, 1.54) is 27.6 Å². The van der Waals surface area contributed by atoms with E-state index in [4.69, 9.17) is 14.7 Å². The van der Waals surface area contributed by atoms with Gasteiger partial charge in [-0.15, -0.1) is 0 Å². The molecule has 5 nitrogen and oxygen atoms in total. The van der Waals surface area contributed by atoms with Crippen molar-refractivity contribution in [2.24, 2.45) is 9.98 Å². The van der Waals surface area contributed by atoms with Crippen LogP contribution >= 0.6 is 0 Å². The molecular weight excluding hydrogens is 697 g/mol. The summed E-state index contributed by atoms with van der Waals surface area (Å²) in [7, 11) is 0. The van der Waals surface area contributed by atoms with Crippen molar-refractivity contribution in [3.8, 4) is 33.8 Å². The fourth-order valence-electron chi connectivity index (χ4n) is 9.49. The molecule has 0 bridgehead atoms. The number of aliphatic imine (C=N–C) groups is 2. The summed E-state index contributed by atoms with van der Waals surface area (Å²) in [6.07, 6.45) is -0.476. The predicted octanol–water partition coefficient (Wildman–Crippen LogP) is 11.9. The van der Waals surface area contributed by atoms with Crippen molar-refractivity contribution < 1.29 is 4.74 Å². The first-order chi connectivity index (χ1) is 28.3. The Balaban J connectivity index is 1.13. The van der Waals surface area contributed by atoms with Gasteiger partial charge in [-0.2, -0.15) is 0 Å². The van der Waals surface area contributed by atoms with Gasteiger partial charge in [0.1, 0.15) is 17.3 Å². The molecule has 0 radical (unpaired) electrons. The molecule has 1 spiro atoms. The highest BCUT2D eigenvalue weighted by atomic mass is 16.5. The van der Waals surface area contributed by atoms with Gasteiger partial charge in [-0.3, -0.25) is 4.57 Å². The van der Waals surface area contributed by atoms with Crippen molar-refractivity contribution in [2.45, 2.75) is 11.6 Å². The molecule has 1 unspecified atom stereocenters. The molecule has 1 atom stereocenters. The van der Waals surface area contributed by atoms with E-state index < -0.39 is 11.6 Å². The van der Waals surface area contributed by atoms with E-state index in [2.05, 4.69) is 192 Å². The van der Waals surface area contributed by atoms with Crippen LogP contribution in [0, 0.1) is 0 Å². The van der Waals surface area contributed by atoms with Crippen molar-refractivity contribution in [1.29, 1.82) is 0 Å². The van der Waals surface area contributed by atoms with E-state index in [0.29, 0.717) is 0 Å². The molecule has 12 rings (SSSR count). The summed E-state index contributed by atoms with van der Waals surface area (Å²) in [5.41, 5.74) is 13.1. The van der Waals surface area contributed by atoms with Crippen LogP contribution in [0.5, 0.6) is 11.5 Å². The van der Waals surface area contributed by atoms with Crippen LogP contribution in [0.3, 0.4) is 0 Å². The minimum atomic E-state index is -0.592. The minimum Gasteiger partial charge on any atom is -0.457 e. The minimum absolute atomic E-state index is 0.476. The van der Waals surface area contributed by atoms with Gasteiger partial charge in [-0.1, -0.05) is 158 Å². The Morgan fingerprint density at radius 1 is 0.456 bits per heavy atom. The fourth-order valence-corrected chi connectivity index (χ4v) is 9.49. The van der Waals surface area contributed by atoms with Crippen LogP contribution in [0.15, 0.2) is 204 Å². The highest BCUT2D eigenvalue weighted by molar-refractivity contribution is 6.19. The number of rotatable bonds is 3. The maximum atomic E-state index is 6.65. The molecular formula is C52H34N4O. The molecule has 5 heteroatoms.